The maximum absolute atomic E-state index is 12.2. The molecule has 0 saturated heterocycles. The van der Waals surface area contributed by atoms with Gasteiger partial charge >= 0.3 is 0 Å². The van der Waals surface area contributed by atoms with Gasteiger partial charge in [0.15, 0.2) is 0 Å². The van der Waals surface area contributed by atoms with Gasteiger partial charge in [-0.3, -0.25) is 9.59 Å². The van der Waals surface area contributed by atoms with Crippen molar-refractivity contribution in [2.75, 3.05) is 79.7 Å². The number of carbonyl (C=O) groups is 2. The minimum Gasteiger partial charge on any atom is -0.382 e. The Labute approximate surface area is 272 Å². The summed E-state index contributed by atoms with van der Waals surface area (Å²) >= 11 is 0. The molecular weight excluding hydrogens is 572 g/mol. The van der Waals surface area contributed by atoms with Gasteiger partial charge in [0.25, 0.3) is 0 Å². The van der Waals surface area contributed by atoms with Crippen LogP contribution in [0, 0.1) is 5.41 Å². The molecule has 45 heavy (non-hydrogen) atoms. The van der Waals surface area contributed by atoms with E-state index in [4.69, 9.17) is 23.7 Å². The maximum Gasteiger partial charge on any atom is 0.244 e. The van der Waals surface area contributed by atoms with Crippen LogP contribution in [0.15, 0.2) is 58.7 Å². The van der Waals surface area contributed by atoms with Crippen molar-refractivity contribution in [1.29, 1.82) is 0 Å². The standard InChI is InChI=1S/C36H60N2O7/c1-30(14-15-33-32(3)13-8-17-36(33,4)5)11-7-12-31(2)29-35(40)38-19-10-21-43-26-28-45-27-25-42-20-9-18-37-34(39)16-22-44-24-23-41-6/h7,11-12,14-15,29H,8-10,13,16-28H2,1-6H3,(H,37,39)(H,38,40)/b12-7+,15-14+,30-11+,31-29+. The third-order valence-electron chi connectivity index (χ3n) is 7.33. The van der Waals surface area contributed by atoms with Gasteiger partial charge in [-0.1, -0.05) is 55.4 Å². The summed E-state index contributed by atoms with van der Waals surface area (Å²) in [6.07, 6.45) is 17.6. The second kappa shape index (κ2) is 25.6. The fraction of sp³-hybridized carbons (Fsp3) is 0.667. The lowest BCUT2D eigenvalue weighted by molar-refractivity contribution is -0.122. The molecule has 0 atom stereocenters. The van der Waals surface area contributed by atoms with E-state index in [0.29, 0.717) is 79.0 Å². The van der Waals surface area contributed by atoms with Gasteiger partial charge in [0.05, 0.1) is 46.2 Å². The SMILES string of the molecule is COCCOCCC(=O)NCCCOCCOCCOCCCNC(=O)/C=C(C)/C=C/C=C(C)/C=C/C1=C(C)CCCC1(C)C. The maximum atomic E-state index is 12.2. The summed E-state index contributed by atoms with van der Waals surface area (Å²) < 4.78 is 26.7. The Balaban J connectivity index is 2.01. The number of methoxy groups -OCH3 is 1. The average molecular weight is 633 g/mol. The average Bonchev–Trinajstić information content (AvgIpc) is 2.98. The minimum absolute atomic E-state index is 0.0254. The summed E-state index contributed by atoms with van der Waals surface area (Å²) in [5.74, 6) is -0.128. The van der Waals surface area contributed by atoms with Gasteiger partial charge in [-0.05, 0) is 69.4 Å². The van der Waals surface area contributed by atoms with Crippen LogP contribution in [-0.4, -0.2) is 91.5 Å². The highest BCUT2D eigenvalue weighted by Crippen LogP contribution is 2.40. The van der Waals surface area contributed by atoms with Crippen molar-refractivity contribution >= 4 is 11.8 Å². The van der Waals surface area contributed by atoms with E-state index in [1.54, 1.807) is 13.2 Å². The lowest BCUT2D eigenvalue weighted by atomic mass is 9.72. The Kier molecular flexibility index (Phi) is 23.0. The molecule has 0 spiro atoms. The van der Waals surface area contributed by atoms with Crippen molar-refractivity contribution in [3.63, 3.8) is 0 Å². The second-order valence-corrected chi connectivity index (χ2v) is 12.0. The number of nitrogens with one attached hydrogen (secondary N) is 2. The predicted octanol–water partition coefficient (Wildman–Crippen LogP) is 5.63. The smallest absolute Gasteiger partial charge is 0.244 e. The highest BCUT2D eigenvalue weighted by Gasteiger charge is 2.26. The Morgan fingerprint density at radius 2 is 1.40 bits per heavy atom. The number of rotatable bonds is 25. The third kappa shape index (κ3) is 21.7. The number of allylic oxidation sites excluding steroid dienone is 9. The third-order valence-corrected chi connectivity index (χ3v) is 7.33. The van der Waals surface area contributed by atoms with E-state index in [9.17, 15) is 9.59 Å². The molecule has 1 aliphatic carbocycles. The molecule has 0 aromatic carbocycles. The minimum atomic E-state index is -0.103. The van der Waals surface area contributed by atoms with Gasteiger partial charge in [0.1, 0.15) is 0 Å². The van der Waals surface area contributed by atoms with Gasteiger partial charge in [-0.25, -0.2) is 0 Å². The lowest BCUT2D eigenvalue weighted by Crippen LogP contribution is -2.26. The first-order chi connectivity index (χ1) is 21.7. The molecule has 1 aliphatic rings. The van der Waals surface area contributed by atoms with E-state index in [1.165, 1.54) is 36.0 Å². The molecule has 9 nitrogen and oxygen atoms in total. The molecule has 0 aromatic rings. The number of ether oxygens (including phenoxy) is 5. The molecule has 0 heterocycles. The van der Waals surface area contributed by atoms with Gasteiger partial charge < -0.3 is 34.3 Å². The molecule has 0 saturated carbocycles. The van der Waals surface area contributed by atoms with E-state index < -0.39 is 0 Å². The Bertz CT molecular complexity index is 995. The van der Waals surface area contributed by atoms with Crippen molar-refractivity contribution in [2.24, 2.45) is 5.41 Å². The topological polar surface area (TPSA) is 104 Å². The van der Waals surface area contributed by atoms with E-state index >= 15 is 0 Å². The first-order valence-corrected chi connectivity index (χ1v) is 16.4. The molecule has 0 fully saturated rings. The first kappa shape index (κ1) is 40.5. The molecule has 256 valence electrons. The fourth-order valence-electron chi connectivity index (χ4n) is 4.77. The van der Waals surface area contributed by atoms with Gasteiger partial charge in [-0.15, -0.1) is 0 Å². The lowest BCUT2D eigenvalue weighted by Gasteiger charge is -2.32. The molecule has 0 radical (unpaired) electrons. The summed E-state index contributed by atoms with van der Waals surface area (Å²) in [6.45, 7) is 16.6. The zero-order chi connectivity index (χ0) is 33.2. The zero-order valence-corrected chi connectivity index (χ0v) is 28.8. The van der Waals surface area contributed by atoms with Crippen LogP contribution in [0.2, 0.25) is 0 Å². The van der Waals surface area contributed by atoms with Crippen LogP contribution in [0.1, 0.15) is 73.1 Å². The molecule has 0 aromatic heterocycles. The highest BCUT2D eigenvalue weighted by atomic mass is 16.5. The number of hydrogen-bond acceptors (Lipinski definition) is 7. The summed E-state index contributed by atoms with van der Waals surface area (Å²) in [5, 5.41) is 5.74. The van der Waals surface area contributed by atoms with Crippen LogP contribution in [0.5, 0.6) is 0 Å². The molecule has 2 amide bonds. The van der Waals surface area contributed by atoms with Crippen molar-refractivity contribution in [3.8, 4) is 0 Å². The van der Waals surface area contributed by atoms with E-state index in [-0.39, 0.29) is 17.2 Å². The largest absolute Gasteiger partial charge is 0.382 e. The molecule has 0 bridgehead atoms. The molecule has 1 rings (SSSR count). The van der Waals surface area contributed by atoms with Crippen molar-refractivity contribution < 1.29 is 33.3 Å². The van der Waals surface area contributed by atoms with Crippen molar-refractivity contribution in [3.05, 3.63) is 58.7 Å². The van der Waals surface area contributed by atoms with Crippen molar-refractivity contribution in [2.45, 2.75) is 73.1 Å². The molecule has 2 N–H and O–H groups in total. The van der Waals surface area contributed by atoms with E-state index in [2.05, 4.69) is 56.6 Å². The monoisotopic (exact) mass is 632 g/mol. The van der Waals surface area contributed by atoms with E-state index in [1.807, 2.05) is 19.1 Å². The second-order valence-electron chi connectivity index (χ2n) is 12.0. The summed E-state index contributed by atoms with van der Waals surface area (Å²) in [5.41, 5.74) is 5.27. The van der Waals surface area contributed by atoms with Gasteiger partial charge in [0, 0.05) is 45.9 Å². The fourth-order valence-corrected chi connectivity index (χ4v) is 4.77. The molecular formula is C36H60N2O7. The number of hydrogen-bond donors (Lipinski definition) is 2. The molecule has 0 aliphatic heterocycles. The quantitative estimate of drug-likeness (QED) is 0.0764. The summed E-state index contributed by atoms with van der Waals surface area (Å²) in [6, 6.07) is 0. The number of carbonyl (C=O) groups excluding carboxylic acids is 2. The Morgan fingerprint density at radius 3 is 2.04 bits per heavy atom. The van der Waals surface area contributed by atoms with Gasteiger partial charge in [-0.2, -0.15) is 0 Å². The van der Waals surface area contributed by atoms with E-state index in [0.717, 1.165) is 18.4 Å². The first-order valence-electron chi connectivity index (χ1n) is 16.4. The van der Waals surface area contributed by atoms with Crippen LogP contribution in [0.3, 0.4) is 0 Å². The zero-order valence-electron chi connectivity index (χ0n) is 28.8. The van der Waals surface area contributed by atoms with Crippen LogP contribution < -0.4 is 10.6 Å². The van der Waals surface area contributed by atoms with Crippen LogP contribution in [0.4, 0.5) is 0 Å². The summed E-state index contributed by atoms with van der Waals surface area (Å²) in [4.78, 5) is 23.8. The normalized spacial score (nSPS) is 15.8. The molecule has 0 unspecified atom stereocenters. The highest BCUT2D eigenvalue weighted by molar-refractivity contribution is 5.88. The number of amides is 2. The van der Waals surface area contributed by atoms with Crippen LogP contribution >= 0.6 is 0 Å². The summed E-state index contributed by atoms with van der Waals surface area (Å²) in [7, 11) is 1.61. The predicted molar refractivity (Wildman–Crippen MR) is 181 cm³/mol. The Morgan fingerprint density at radius 1 is 0.800 bits per heavy atom. The van der Waals surface area contributed by atoms with Crippen molar-refractivity contribution in [1.82, 2.24) is 10.6 Å². The molecule has 9 heteroatoms. The van der Waals surface area contributed by atoms with Crippen LogP contribution in [0.25, 0.3) is 0 Å². The Hall–Kier alpha value is -2.56. The van der Waals surface area contributed by atoms with Gasteiger partial charge in [0.2, 0.25) is 11.8 Å². The van der Waals surface area contributed by atoms with Crippen LogP contribution in [-0.2, 0) is 33.3 Å².